The highest BCUT2D eigenvalue weighted by molar-refractivity contribution is 6.06. The van der Waals surface area contributed by atoms with Gasteiger partial charge in [0.2, 0.25) is 0 Å². The molecule has 0 aliphatic carbocycles. The highest BCUT2D eigenvalue weighted by Gasteiger charge is 2.18. The van der Waals surface area contributed by atoms with E-state index in [-0.39, 0.29) is 0 Å². The summed E-state index contributed by atoms with van der Waals surface area (Å²) in [4.78, 5) is 2.37. The number of nitrogens with zero attached hydrogens (tertiary/aromatic N) is 1. The maximum Gasteiger partial charge on any atom is 0.135 e. The second-order valence-electron chi connectivity index (χ2n) is 8.70. The van der Waals surface area contributed by atoms with Crippen molar-refractivity contribution in [3.8, 4) is 0 Å². The number of anilines is 3. The van der Waals surface area contributed by atoms with Crippen LogP contribution in [0.3, 0.4) is 0 Å². The Kier molecular flexibility index (Phi) is 4.59. The van der Waals surface area contributed by atoms with E-state index in [2.05, 4.69) is 112 Å². The summed E-state index contributed by atoms with van der Waals surface area (Å²) in [5.74, 6) is 0. The van der Waals surface area contributed by atoms with Crippen molar-refractivity contribution in [3.63, 3.8) is 0 Å². The molecule has 154 valence electrons. The smallest absolute Gasteiger partial charge is 0.135 e. The molecule has 0 aliphatic rings. The predicted molar refractivity (Wildman–Crippen MR) is 132 cm³/mol. The third-order valence-corrected chi connectivity index (χ3v) is 6.05. The summed E-state index contributed by atoms with van der Waals surface area (Å²) in [7, 11) is 0. The lowest BCUT2D eigenvalue weighted by atomic mass is 10.0. The molecule has 1 aromatic heterocycles. The van der Waals surface area contributed by atoms with Crippen molar-refractivity contribution in [3.05, 3.63) is 101 Å². The molecule has 0 spiro atoms. The Morgan fingerprint density at radius 2 is 1.00 bits per heavy atom. The fourth-order valence-electron chi connectivity index (χ4n) is 4.54. The second kappa shape index (κ2) is 7.31. The molecule has 31 heavy (non-hydrogen) atoms. The first-order valence-corrected chi connectivity index (χ1v) is 10.8. The molecule has 0 radical (unpaired) electrons. The van der Waals surface area contributed by atoms with Crippen LogP contribution in [0.4, 0.5) is 17.1 Å². The molecule has 2 nitrogen and oxygen atoms in total. The standard InChI is InChI=1S/C29H27NO/c1-18-6-10-26(21(4)14-18)30(27-11-7-19(2)15-22(27)5)23-9-13-29-25(17-23)24-16-20(3)8-12-28(24)31-29/h6-17H,1-5H3. The Hall–Kier alpha value is -3.52. The molecule has 0 amide bonds. The largest absolute Gasteiger partial charge is 0.456 e. The molecule has 5 rings (SSSR count). The Morgan fingerprint density at radius 3 is 1.58 bits per heavy atom. The summed E-state index contributed by atoms with van der Waals surface area (Å²) in [6, 6.07) is 26.2. The predicted octanol–water partition coefficient (Wildman–Crippen LogP) is 8.60. The Labute approximate surface area is 183 Å². The fourth-order valence-corrected chi connectivity index (χ4v) is 4.54. The molecule has 0 saturated heterocycles. The van der Waals surface area contributed by atoms with Crippen LogP contribution in [0.2, 0.25) is 0 Å². The van der Waals surface area contributed by atoms with Crippen molar-refractivity contribution in [1.29, 1.82) is 0 Å². The quantitative estimate of drug-likeness (QED) is 0.299. The molecule has 5 aromatic rings. The SMILES string of the molecule is Cc1ccc(N(c2ccc3oc4ccc(C)cc4c3c2)c2ccc(C)cc2C)c(C)c1. The van der Waals surface area contributed by atoms with Crippen LogP contribution in [0, 0.1) is 34.6 Å². The molecule has 0 unspecified atom stereocenters. The lowest BCUT2D eigenvalue weighted by Crippen LogP contribution is -2.12. The molecule has 0 atom stereocenters. The van der Waals surface area contributed by atoms with Gasteiger partial charge in [0.15, 0.2) is 0 Å². The zero-order chi connectivity index (χ0) is 21.7. The van der Waals surface area contributed by atoms with Gasteiger partial charge in [-0.15, -0.1) is 0 Å². The summed E-state index contributed by atoms with van der Waals surface area (Å²) in [5, 5.41) is 2.31. The van der Waals surface area contributed by atoms with Crippen molar-refractivity contribution in [1.82, 2.24) is 0 Å². The third-order valence-electron chi connectivity index (χ3n) is 6.05. The average molecular weight is 406 g/mol. The number of fused-ring (bicyclic) bond motifs is 3. The summed E-state index contributed by atoms with van der Waals surface area (Å²) >= 11 is 0. The van der Waals surface area contributed by atoms with Gasteiger partial charge in [0.1, 0.15) is 11.2 Å². The highest BCUT2D eigenvalue weighted by Crippen LogP contribution is 2.41. The molecule has 0 aliphatic heterocycles. The van der Waals surface area contributed by atoms with Gasteiger partial charge in [-0.3, -0.25) is 0 Å². The van der Waals surface area contributed by atoms with Crippen molar-refractivity contribution in [2.75, 3.05) is 4.90 Å². The van der Waals surface area contributed by atoms with E-state index in [9.17, 15) is 0 Å². The maximum atomic E-state index is 6.11. The highest BCUT2D eigenvalue weighted by atomic mass is 16.3. The van der Waals surface area contributed by atoms with Crippen LogP contribution in [0.15, 0.2) is 77.2 Å². The van der Waals surface area contributed by atoms with Crippen LogP contribution < -0.4 is 4.90 Å². The van der Waals surface area contributed by atoms with Gasteiger partial charge in [0, 0.05) is 27.8 Å². The van der Waals surface area contributed by atoms with Gasteiger partial charge >= 0.3 is 0 Å². The zero-order valence-corrected chi connectivity index (χ0v) is 18.8. The van der Waals surface area contributed by atoms with E-state index >= 15 is 0 Å². The number of aryl methyl sites for hydroxylation is 5. The van der Waals surface area contributed by atoms with Gasteiger partial charge in [0.25, 0.3) is 0 Å². The van der Waals surface area contributed by atoms with Crippen LogP contribution in [0.5, 0.6) is 0 Å². The number of benzene rings is 4. The first-order chi connectivity index (χ1) is 14.9. The van der Waals surface area contributed by atoms with E-state index in [0.29, 0.717) is 0 Å². The van der Waals surface area contributed by atoms with E-state index < -0.39 is 0 Å². The maximum absolute atomic E-state index is 6.11. The van der Waals surface area contributed by atoms with E-state index in [1.807, 2.05) is 0 Å². The van der Waals surface area contributed by atoms with Gasteiger partial charge in [-0.25, -0.2) is 0 Å². The minimum absolute atomic E-state index is 0.922. The minimum atomic E-state index is 0.922. The van der Waals surface area contributed by atoms with Crippen LogP contribution in [-0.4, -0.2) is 0 Å². The van der Waals surface area contributed by atoms with Crippen molar-refractivity contribution < 1.29 is 4.42 Å². The number of furan rings is 1. The fraction of sp³-hybridized carbons (Fsp3) is 0.172. The summed E-state index contributed by atoms with van der Waals surface area (Å²) in [6.45, 7) is 10.8. The number of hydrogen-bond acceptors (Lipinski definition) is 2. The minimum Gasteiger partial charge on any atom is -0.456 e. The molecular weight excluding hydrogens is 378 g/mol. The number of hydrogen-bond donors (Lipinski definition) is 0. The average Bonchev–Trinajstić information content (AvgIpc) is 3.08. The van der Waals surface area contributed by atoms with E-state index in [1.165, 1.54) is 39.2 Å². The molecule has 0 N–H and O–H groups in total. The van der Waals surface area contributed by atoms with E-state index in [4.69, 9.17) is 4.42 Å². The topological polar surface area (TPSA) is 16.4 Å². The van der Waals surface area contributed by atoms with Gasteiger partial charge in [-0.05, 0) is 88.2 Å². The summed E-state index contributed by atoms with van der Waals surface area (Å²) < 4.78 is 6.11. The molecule has 4 aromatic carbocycles. The van der Waals surface area contributed by atoms with E-state index in [0.717, 1.165) is 27.6 Å². The lowest BCUT2D eigenvalue weighted by Gasteiger charge is -2.29. The Balaban J connectivity index is 1.78. The van der Waals surface area contributed by atoms with Crippen LogP contribution >= 0.6 is 0 Å². The first kappa shape index (κ1) is 19.4. The molecule has 0 saturated carbocycles. The van der Waals surface area contributed by atoms with Gasteiger partial charge < -0.3 is 9.32 Å². The van der Waals surface area contributed by atoms with Crippen molar-refractivity contribution in [2.24, 2.45) is 0 Å². The van der Waals surface area contributed by atoms with Crippen molar-refractivity contribution in [2.45, 2.75) is 34.6 Å². The zero-order valence-electron chi connectivity index (χ0n) is 18.8. The normalized spacial score (nSPS) is 11.4. The Morgan fingerprint density at radius 1 is 0.516 bits per heavy atom. The van der Waals surface area contributed by atoms with Crippen molar-refractivity contribution >= 4 is 39.0 Å². The van der Waals surface area contributed by atoms with Gasteiger partial charge in [-0.1, -0.05) is 47.0 Å². The molecule has 0 fully saturated rings. The van der Waals surface area contributed by atoms with Crippen LogP contribution in [0.25, 0.3) is 21.9 Å². The summed E-state index contributed by atoms with van der Waals surface area (Å²) in [5.41, 5.74) is 11.7. The monoisotopic (exact) mass is 405 g/mol. The first-order valence-electron chi connectivity index (χ1n) is 10.8. The second-order valence-corrected chi connectivity index (χ2v) is 8.70. The van der Waals surface area contributed by atoms with E-state index in [1.54, 1.807) is 0 Å². The van der Waals surface area contributed by atoms with Gasteiger partial charge in [0.05, 0.1) is 0 Å². The molecule has 1 heterocycles. The van der Waals surface area contributed by atoms with Crippen LogP contribution in [-0.2, 0) is 0 Å². The molecule has 0 bridgehead atoms. The molecular formula is C29H27NO. The third kappa shape index (κ3) is 3.38. The summed E-state index contributed by atoms with van der Waals surface area (Å²) in [6.07, 6.45) is 0. The van der Waals surface area contributed by atoms with Crippen LogP contribution in [0.1, 0.15) is 27.8 Å². The Bertz CT molecular complexity index is 1390. The van der Waals surface area contributed by atoms with Gasteiger partial charge in [-0.2, -0.15) is 0 Å². The number of rotatable bonds is 3. The molecule has 2 heteroatoms. The lowest BCUT2D eigenvalue weighted by molar-refractivity contribution is 0.669.